The second-order valence-electron chi connectivity index (χ2n) is 5.45. The van der Waals surface area contributed by atoms with E-state index in [2.05, 4.69) is 5.32 Å². The zero-order valence-corrected chi connectivity index (χ0v) is 16.4. The minimum absolute atomic E-state index is 0.171. The van der Waals surface area contributed by atoms with Crippen molar-refractivity contribution in [1.82, 2.24) is 4.90 Å². The van der Waals surface area contributed by atoms with Gasteiger partial charge in [0, 0.05) is 17.2 Å². The number of nitrogens with zero attached hydrogens (tertiary/aromatic N) is 1. The van der Waals surface area contributed by atoms with Crippen molar-refractivity contribution in [1.29, 1.82) is 0 Å². The lowest BCUT2D eigenvalue weighted by atomic mass is 10.1. The predicted molar refractivity (Wildman–Crippen MR) is 98.8 cm³/mol. The summed E-state index contributed by atoms with van der Waals surface area (Å²) in [6.07, 6.45) is 0. The highest BCUT2D eigenvalue weighted by molar-refractivity contribution is 8.13. The van der Waals surface area contributed by atoms with Gasteiger partial charge in [-0.05, 0) is 26.3 Å². The van der Waals surface area contributed by atoms with Crippen LogP contribution in [0.2, 0.25) is 0 Å². The van der Waals surface area contributed by atoms with Crippen LogP contribution in [0.3, 0.4) is 0 Å². The molecule has 0 radical (unpaired) electrons. The molecule has 26 heavy (non-hydrogen) atoms. The summed E-state index contributed by atoms with van der Waals surface area (Å²) in [4.78, 5) is 49.6. The van der Waals surface area contributed by atoms with Crippen molar-refractivity contribution in [3.63, 3.8) is 0 Å². The Balaban J connectivity index is 1.91. The topological polar surface area (TPSA) is 102 Å². The van der Waals surface area contributed by atoms with Gasteiger partial charge in [-0.1, -0.05) is 11.8 Å². The van der Waals surface area contributed by atoms with Crippen LogP contribution in [0, 0.1) is 13.8 Å². The number of nitrogens with one attached hydrogen (secondary N) is 1. The molecule has 10 heteroatoms. The summed E-state index contributed by atoms with van der Waals surface area (Å²) in [5, 5.41) is 2.78. The molecule has 8 nitrogen and oxygen atoms in total. The zero-order chi connectivity index (χ0) is 19.3. The molecule has 1 saturated heterocycles. The van der Waals surface area contributed by atoms with E-state index in [1.807, 2.05) is 6.92 Å². The predicted octanol–water partition coefficient (Wildman–Crippen LogP) is 2.19. The molecule has 0 aromatic carbocycles. The smallest absolute Gasteiger partial charge is 0.341 e. The number of carbonyl (C=O) groups is 4. The number of esters is 2. The van der Waals surface area contributed by atoms with Crippen LogP contribution in [0.1, 0.15) is 27.7 Å². The summed E-state index contributed by atoms with van der Waals surface area (Å²) in [5.41, 5.74) is 1.06. The Hall–Kier alpha value is -2.07. The fourth-order valence-corrected chi connectivity index (χ4v) is 4.13. The average molecular weight is 400 g/mol. The molecule has 1 aromatic rings. The number of anilines is 1. The maximum absolute atomic E-state index is 12.1. The lowest BCUT2D eigenvalue weighted by molar-refractivity contribution is -0.147. The molecule has 0 spiro atoms. The Labute approximate surface area is 159 Å². The monoisotopic (exact) mass is 400 g/mol. The zero-order valence-electron chi connectivity index (χ0n) is 14.7. The molecule has 2 rings (SSSR count). The summed E-state index contributed by atoms with van der Waals surface area (Å²) in [6, 6.07) is 0. The third kappa shape index (κ3) is 4.98. The lowest BCUT2D eigenvalue weighted by Gasteiger charge is -2.13. The quantitative estimate of drug-likeness (QED) is 0.700. The maximum Gasteiger partial charge on any atom is 0.341 e. The molecule has 0 atom stereocenters. The van der Waals surface area contributed by atoms with Crippen molar-refractivity contribution in [3.05, 3.63) is 16.0 Å². The number of ether oxygens (including phenoxy) is 2. The van der Waals surface area contributed by atoms with Gasteiger partial charge in [-0.25, -0.2) is 4.79 Å². The van der Waals surface area contributed by atoms with Gasteiger partial charge in [0.05, 0.1) is 12.2 Å². The van der Waals surface area contributed by atoms with Crippen LogP contribution in [0.15, 0.2) is 0 Å². The van der Waals surface area contributed by atoms with Gasteiger partial charge >= 0.3 is 11.9 Å². The Morgan fingerprint density at radius 1 is 1.23 bits per heavy atom. The fourth-order valence-electron chi connectivity index (χ4n) is 2.24. The SMILES string of the molecule is CCOC(=O)c1c(NC(=O)COC(=O)CN2CCSC2=O)sc(C)c1C. The molecule has 1 aliphatic rings. The molecule has 0 aliphatic carbocycles. The van der Waals surface area contributed by atoms with Crippen LogP contribution >= 0.6 is 23.1 Å². The van der Waals surface area contributed by atoms with Crippen LogP contribution in [0.5, 0.6) is 0 Å². The van der Waals surface area contributed by atoms with Gasteiger partial charge in [0.25, 0.3) is 11.1 Å². The van der Waals surface area contributed by atoms with Crippen LogP contribution in [-0.4, -0.2) is 60.0 Å². The molecule has 1 fully saturated rings. The Morgan fingerprint density at radius 2 is 1.96 bits per heavy atom. The van der Waals surface area contributed by atoms with Crippen molar-refractivity contribution < 1.29 is 28.7 Å². The van der Waals surface area contributed by atoms with Gasteiger partial charge in [0.1, 0.15) is 11.5 Å². The number of carbonyl (C=O) groups excluding carboxylic acids is 4. The summed E-state index contributed by atoms with van der Waals surface area (Å²) in [7, 11) is 0. The van der Waals surface area contributed by atoms with Crippen molar-refractivity contribution >= 4 is 51.2 Å². The first-order valence-corrected chi connectivity index (χ1v) is 9.78. The molecule has 0 unspecified atom stereocenters. The van der Waals surface area contributed by atoms with E-state index in [0.717, 1.165) is 22.2 Å². The van der Waals surface area contributed by atoms with Crippen molar-refractivity contribution in [2.45, 2.75) is 20.8 Å². The summed E-state index contributed by atoms with van der Waals surface area (Å²) in [6.45, 7) is 5.36. The van der Waals surface area contributed by atoms with Gasteiger partial charge in [0.15, 0.2) is 6.61 Å². The van der Waals surface area contributed by atoms with Gasteiger partial charge in [-0.3, -0.25) is 14.4 Å². The molecule has 1 aromatic heterocycles. The highest BCUT2D eigenvalue weighted by Crippen LogP contribution is 2.33. The average Bonchev–Trinajstić information content (AvgIpc) is 3.09. The number of aryl methyl sites for hydroxylation is 1. The fraction of sp³-hybridized carbons (Fsp3) is 0.500. The Kier molecular flexibility index (Phi) is 7.04. The third-order valence-corrected chi connectivity index (χ3v) is 5.66. The van der Waals surface area contributed by atoms with Crippen LogP contribution < -0.4 is 5.32 Å². The summed E-state index contributed by atoms with van der Waals surface area (Å²) < 4.78 is 9.92. The van der Waals surface area contributed by atoms with E-state index in [1.54, 1.807) is 13.8 Å². The van der Waals surface area contributed by atoms with E-state index in [-0.39, 0.29) is 18.4 Å². The second kappa shape index (κ2) is 9.04. The third-order valence-electron chi connectivity index (χ3n) is 3.65. The molecule has 0 bridgehead atoms. The molecule has 1 aliphatic heterocycles. The summed E-state index contributed by atoms with van der Waals surface area (Å²) in [5.74, 6) is -1.08. The molecule has 2 heterocycles. The van der Waals surface area contributed by atoms with Gasteiger partial charge < -0.3 is 19.7 Å². The number of thioether (sulfide) groups is 1. The number of hydrogen-bond donors (Lipinski definition) is 1. The normalized spacial score (nSPS) is 13.7. The van der Waals surface area contributed by atoms with Crippen molar-refractivity contribution in [3.8, 4) is 0 Å². The highest BCUT2D eigenvalue weighted by Gasteiger charge is 2.25. The van der Waals surface area contributed by atoms with Crippen molar-refractivity contribution in [2.75, 3.05) is 37.4 Å². The number of amides is 2. The van der Waals surface area contributed by atoms with E-state index in [1.165, 1.54) is 16.2 Å². The Bertz CT molecular complexity index is 731. The molecule has 0 saturated carbocycles. The van der Waals surface area contributed by atoms with E-state index in [4.69, 9.17) is 9.47 Å². The highest BCUT2D eigenvalue weighted by atomic mass is 32.2. The van der Waals surface area contributed by atoms with E-state index < -0.39 is 24.5 Å². The lowest BCUT2D eigenvalue weighted by Crippen LogP contribution is -2.32. The first-order valence-electron chi connectivity index (χ1n) is 7.97. The number of rotatable bonds is 7. The van der Waals surface area contributed by atoms with Gasteiger partial charge in [-0.2, -0.15) is 0 Å². The Morgan fingerprint density at radius 3 is 2.58 bits per heavy atom. The summed E-state index contributed by atoms with van der Waals surface area (Å²) >= 11 is 2.40. The number of hydrogen-bond acceptors (Lipinski definition) is 8. The van der Waals surface area contributed by atoms with Gasteiger partial charge in [-0.15, -0.1) is 11.3 Å². The van der Waals surface area contributed by atoms with Gasteiger partial charge in [0.2, 0.25) is 0 Å². The van der Waals surface area contributed by atoms with Crippen molar-refractivity contribution in [2.24, 2.45) is 0 Å². The second-order valence-corrected chi connectivity index (χ2v) is 7.72. The van der Waals surface area contributed by atoms with Crippen LogP contribution in [0.25, 0.3) is 0 Å². The molecule has 1 N–H and O–H groups in total. The largest absolute Gasteiger partial charge is 0.462 e. The molecular weight excluding hydrogens is 380 g/mol. The molecular formula is C16H20N2O6S2. The van der Waals surface area contributed by atoms with E-state index in [9.17, 15) is 19.2 Å². The molecule has 142 valence electrons. The first kappa shape index (κ1) is 20.2. The van der Waals surface area contributed by atoms with Crippen LogP contribution in [-0.2, 0) is 19.1 Å². The maximum atomic E-state index is 12.1. The number of thiophene rings is 1. The first-order chi connectivity index (χ1) is 12.3. The minimum atomic E-state index is -0.653. The minimum Gasteiger partial charge on any atom is -0.462 e. The molecule has 2 amide bonds. The van der Waals surface area contributed by atoms with Crippen LogP contribution in [0.4, 0.5) is 9.80 Å². The van der Waals surface area contributed by atoms with E-state index in [0.29, 0.717) is 22.9 Å². The van der Waals surface area contributed by atoms with E-state index >= 15 is 0 Å². The standard InChI is InChI=1S/C16H20N2O6S2/c1-4-23-15(21)13-9(2)10(3)26-14(13)17-11(19)8-24-12(20)7-18-5-6-25-16(18)22/h4-8H2,1-3H3,(H,17,19).